The van der Waals surface area contributed by atoms with Crippen LogP contribution >= 0.6 is 11.6 Å². The Balaban J connectivity index is 1.82. The number of hydrogen-bond donors (Lipinski definition) is 0. The summed E-state index contributed by atoms with van der Waals surface area (Å²) in [5, 5.41) is 5.28. The smallest absolute Gasteiger partial charge is 0.262 e. The number of hydrogen-bond acceptors (Lipinski definition) is 5. The minimum Gasteiger partial charge on any atom is -0.376 e. The lowest BCUT2D eigenvalue weighted by Gasteiger charge is -2.14. The highest BCUT2D eigenvalue weighted by Gasteiger charge is 2.21. The lowest BCUT2D eigenvalue weighted by molar-refractivity contribution is 0.0963. The first-order valence-corrected chi connectivity index (χ1v) is 9.19. The second-order valence-corrected chi connectivity index (χ2v) is 6.99. The summed E-state index contributed by atoms with van der Waals surface area (Å²) in [5.74, 6) is 0.425. The van der Waals surface area contributed by atoms with Crippen molar-refractivity contribution < 1.29 is 4.74 Å². The fraction of sp³-hybridized carbons (Fsp3) is 0.263. The largest absolute Gasteiger partial charge is 0.376 e. The summed E-state index contributed by atoms with van der Waals surface area (Å²) in [7, 11) is 0. The summed E-state index contributed by atoms with van der Waals surface area (Å²) in [6, 6.07) is 9.23. The molecule has 3 aromatic heterocycles. The highest BCUT2D eigenvalue weighted by atomic mass is 35.5. The van der Waals surface area contributed by atoms with E-state index >= 15 is 0 Å². The molecule has 4 aromatic rings. The lowest BCUT2D eigenvalue weighted by atomic mass is 10.1. The standard InChI is InChI=1S/C19H16ClN5O2/c20-14-6-2-1-5-13(14)17-16-15(23-19-21-11-22-25(17)19)7-8-24(18(16)26)10-12-4-3-9-27-12/h1-2,5-8,11-12H,3-4,9-10H2. The van der Waals surface area contributed by atoms with Crippen molar-refractivity contribution in [2.75, 3.05) is 6.61 Å². The van der Waals surface area contributed by atoms with Gasteiger partial charge in [-0.2, -0.15) is 14.6 Å². The normalized spacial score (nSPS) is 17.1. The molecule has 7 nitrogen and oxygen atoms in total. The van der Waals surface area contributed by atoms with Crippen LogP contribution in [0.15, 0.2) is 47.7 Å². The van der Waals surface area contributed by atoms with Crippen LogP contribution in [0.25, 0.3) is 27.9 Å². The predicted octanol–water partition coefficient (Wildman–Crippen LogP) is 2.94. The maximum atomic E-state index is 13.4. The van der Waals surface area contributed by atoms with Crippen LogP contribution in [-0.2, 0) is 11.3 Å². The van der Waals surface area contributed by atoms with E-state index in [4.69, 9.17) is 16.3 Å². The summed E-state index contributed by atoms with van der Waals surface area (Å²) >= 11 is 6.45. The highest BCUT2D eigenvalue weighted by molar-refractivity contribution is 6.33. The van der Waals surface area contributed by atoms with E-state index in [1.54, 1.807) is 21.3 Å². The van der Waals surface area contributed by atoms with Gasteiger partial charge < -0.3 is 9.30 Å². The van der Waals surface area contributed by atoms with Crippen molar-refractivity contribution in [3.63, 3.8) is 0 Å². The Kier molecular flexibility index (Phi) is 3.91. The number of aromatic nitrogens is 5. The Morgan fingerprint density at radius 2 is 2.15 bits per heavy atom. The van der Waals surface area contributed by atoms with Crippen molar-refractivity contribution in [1.29, 1.82) is 0 Å². The Bertz CT molecular complexity index is 1210. The zero-order valence-electron chi connectivity index (χ0n) is 14.4. The van der Waals surface area contributed by atoms with Gasteiger partial charge in [0.1, 0.15) is 6.33 Å². The van der Waals surface area contributed by atoms with Gasteiger partial charge in [-0.25, -0.2) is 4.98 Å². The predicted molar refractivity (Wildman–Crippen MR) is 102 cm³/mol. The van der Waals surface area contributed by atoms with E-state index in [2.05, 4.69) is 15.1 Å². The molecule has 0 spiro atoms. The molecule has 1 atom stereocenters. The zero-order valence-corrected chi connectivity index (χ0v) is 15.1. The third kappa shape index (κ3) is 2.70. The molecule has 0 bridgehead atoms. The van der Waals surface area contributed by atoms with Crippen molar-refractivity contribution in [3.05, 3.63) is 58.2 Å². The first-order valence-electron chi connectivity index (χ1n) is 8.82. The molecule has 0 amide bonds. The van der Waals surface area contributed by atoms with Crippen molar-refractivity contribution in [2.24, 2.45) is 0 Å². The molecule has 1 fully saturated rings. The van der Waals surface area contributed by atoms with E-state index in [-0.39, 0.29) is 11.7 Å². The maximum absolute atomic E-state index is 13.4. The quantitative estimate of drug-likeness (QED) is 0.545. The van der Waals surface area contributed by atoms with E-state index in [0.29, 0.717) is 39.5 Å². The van der Waals surface area contributed by atoms with Crippen molar-refractivity contribution in [3.8, 4) is 11.3 Å². The number of ether oxygens (including phenoxy) is 1. The van der Waals surface area contributed by atoms with Crippen molar-refractivity contribution >= 4 is 28.3 Å². The summed E-state index contributed by atoms with van der Waals surface area (Å²) in [4.78, 5) is 22.0. The Hall–Kier alpha value is -2.77. The molecule has 0 N–H and O–H groups in total. The summed E-state index contributed by atoms with van der Waals surface area (Å²) in [6.45, 7) is 1.27. The topological polar surface area (TPSA) is 74.3 Å². The molecule has 1 aliphatic heterocycles. The molecule has 5 rings (SSSR count). The monoisotopic (exact) mass is 381 g/mol. The first-order chi connectivity index (χ1) is 13.2. The SMILES string of the molecule is O=c1c2c(-c3ccccc3Cl)n3ncnc3nc2ccn1CC1CCCO1. The van der Waals surface area contributed by atoms with Gasteiger partial charge in [0.25, 0.3) is 11.3 Å². The van der Waals surface area contributed by atoms with E-state index in [9.17, 15) is 4.79 Å². The van der Waals surface area contributed by atoms with Gasteiger partial charge >= 0.3 is 0 Å². The van der Waals surface area contributed by atoms with E-state index in [0.717, 1.165) is 19.4 Å². The van der Waals surface area contributed by atoms with Gasteiger partial charge in [-0.15, -0.1) is 0 Å². The van der Waals surface area contributed by atoms with Crippen LogP contribution in [0.1, 0.15) is 12.8 Å². The molecular formula is C19H16ClN5O2. The fourth-order valence-corrected chi connectivity index (χ4v) is 3.84. The highest BCUT2D eigenvalue weighted by Crippen LogP contribution is 2.31. The van der Waals surface area contributed by atoms with Crippen LogP contribution in [0.3, 0.4) is 0 Å². The van der Waals surface area contributed by atoms with Crippen LogP contribution in [0.2, 0.25) is 5.02 Å². The first kappa shape index (κ1) is 16.4. The van der Waals surface area contributed by atoms with Crippen LogP contribution in [0.4, 0.5) is 0 Å². The number of nitrogens with zero attached hydrogens (tertiary/aromatic N) is 5. The van der Waals surface area contributed by atoms with Crippen molar-refractivity contribution in [1.82, 2.24) is 24.1 Å². The summed E-state index contributed by atoms with van der Waals surface area (Å²) in [6.07, 6.45) is 5.24. The molecule has 1 aromatic carbocycles. The van der Waals surface area contributed by atoms with Crippen LogP contribution in [0, 0.1) is 0 Å². The second kappa shape index (κ2) is 6.44. The van der Waals surface area contributed by atoms with Gasteiger partial charge in [-0.1, -0.05) is 29.8 Å². The molecule has 1 aliphatic rings. The fourth-order valence-electron chi connectivity index (χ4n) is 3.62. The lowest BCUT2D eigenvalue weighted by Crippen LogP contribution is -2.27. The average Bonchev–Trinajstić information content (AvgIpc) is 3.35. The molecule has 4 heterocycles. The summed E-state index contributed by atoms with van der Waals surface area (Å²) < 4.78 is 8.95. The minimum absolute atomic E-state index is 0.0620. The van der Waals surface area contributed by atoms with Gasteiger partial charge in [0.15, 0.2) is 0 Å². The molecule has 0 aliphatic carbocycles. The van der Waals surface area contributed by atoms with Gasteiger partial charge in [0, 0.05) is 23.4 Å². The second-order valence-electron chi connectivity index (χ2n) is 6.58. The van der Waals surface area contributed by atoms with Crippen molar-refractivity contribution in [2.45, 2.75) is 25.5 Å². The maximum Gasteiger partial charge on any atom is 0.262 e. The molecule has 0 radical (unpaired) electrons. The summed E-state index contributed by atoms with van der Waals surface area (Å²) in [5.41, 5.74) is 1.75. The number of rotatable bonds is 3. The molecule has 8 heteroatoms. The molecule has 0 saturated carbocycles. The van der Waals surface area contributed by atoms with E-state index in [1.165, 1.54) is 6.33 Å². The Morgan fingerprint density at radius 1 is 1.26 bits per heavy atom. The van der Waals surface area contributed by atoms with Gasteiger partial charge in [-0.05, 0) is 25.0 Å². The van der Waals surface area contributed by atoms with E-state index < -0.39 is 0 Å². The third-order valence-corrected chi connectivity index (χ3v) is 5.22. The molecule has 27 heavy (non-hydrogen) atoms. The zero-order chi connectivity index (χ0) is 18.4. The Labute approximate surface area is 159 Å². The van der Waals surface area contributed by atoms with Gasteiger partial charge in [0.2, 0.25) is 0 Å². The number of halogens is 1. The minimum atomic E-state index is -0.136. The van der Waals surface area contributed by atoms with E-state index in [1.807, 2.05) is 24.3 Å². The molecule has 1 saturated heterocycles. The van der Waals surface area contributed by atoms with Gasteiger partial charge in [0.05, 0.1) is 29.2 Å². The van der Waals surface area contributed by atoms with Crippen LogP contribution < -0.4 is 5.56 Å². The molecular weight excluding hydrogens is 366 g/mol. The average molecular weight is 382 g/mol. The number of fused-ring (bicyclic) bond motifs is 2. The van der Waals surface area contributed by atoms with Crippen LogP contribution in [0.5, 0.6) is 0 Å². The molecule has 136 valence electrons. The molecule has 1 unspecified atom stereocenters. The third-order valence-electron chi connectivity index (χ3n) is 4.90. The van der Waals surface area contributed by atoms with Gasteiger partial charge in [-0.3, -0.25) is 4.79 Å². The number of benzene rings is 1. The Morgan fingerprint density at radius 3 is 2.96 bits per heavy atom. The van der Waals surface area contributed by atoms with Crippen LogP contribution in [-0.4, -0.2) is 36.9 Å². The number of pyridine rings is 1.